The minimum atomic E-state index is -0.204. The number of amides is 1. The summed E-state index contributed by atoms with van der Waals surface area (Å²) in [6.45, 7) is 8.40. The van der Waals surface area contributed by atoms with Crippen molar-refractivity contribution in [1.82, 2.24) is 10.2 Å². The van der Waals surface area contributed by atoms with Gasteiger partial charge in [-0.1, -0.05) is 44.2 Å². The first-order chi connectivity index (χ1) is 14.0. The third-order valence-electron chi connectivity index (χ3n) is 6.05. The molecule has 0 spiro atoms. The second-order valence-electron chi connectivity index (χ2n) is 8.70. The molecule has 0 aromatic heterocycles. The van der Waals surface area contributed by atoms with Crippen LogP contribution in [0.2, 0.25) is 0 Å². The largest absolute Gasteiger partial charge is 0.365 e. The van der Waals surface area contributed by atoms with Crippen LogP contribution in [-0.4, -0.2) is 43.0 Å². The lowest BCUT2D eigenvalue weighted by Gasteiger charge is -2.49. The minimum absolute atomic E-state index is 0.0559. The van der Waals surface area contributed by atoms with E-state index in [2.05, 4.69) is 53.2 Å². The lowest BCUT2D eigenvalue weighted by atomic mass is 9.83. The molecule has 0 aliphatic carbocycles. The highest BCUT2D eigenvalue weighted by Crippen LogP contribution is 2.36. The number of nitrogens with zero attached hydrogens (tertiary/aromatic N) is 2. The van der Waals surface area contributed by atoms with Crippen molar-refractivity contribution in [2.75, 3.05) is 31.1 Å². The van der Waals surface area contributed by atoms with E-state index in [0.717, 1.165) is 38.2 Å². The number of anilines is 1. The van der Waals surface area contributed by atoms with Crippen LogP contribution >= 0.6 is 0 Å². The van der Waals surface area contributed by atoms with Crippen molar-refractivity contribution in [3.8, 4) is 0 Å². The Morgan fingerprint density at radius 1 is 1.14 bits per heavy atom. The van der Waals surface area contributed by atoms with Gasteiger partial charge >= 0.3 is 0 Å². The summed E-state index contributed by atoms with van der Waals surface area (Å²) in [5.74, 6) is 0.336. The van der Waals surface area contributed by atoms with Crippen LogP contribution in [0.5, 0.6) is 0 Å². The summed E-state index contributed by atoms with van der Waals surface area (Å²) in [5, 5.41) is 3.16. The maximum absolute atomic E-state index is 13.2. The summed E-state index contributed by atoms with van der Waals surface area (Å²) < 4.78 is 13.2. The zero-order chi connectivity index (χ0) is 20.4. The van der Waals surface area contributed by atoms with Crippen LogP contribution < -0.4 is 10.2 Å². The van der Waals surface area contributed by atoms with Gasteiger partial charge in [-0.2, -0.15) is 0 Å². The molecular weight excluding hydrogens is 365 g/mol. The fourth-order valence-corrected chi connectivity index (χ4v) is 4.54. The van der Waals surface area contributed by atoms with E-state index in [9.17, 15) is 9.18 Å². The smallest absolute Gasteiger partial charge is 0.225 e. The van der Waals surface area contributed by atoms with E-state index in [-0.39, 0.29) is 23.7 Å². The summed E-state index contributed by atoms with van der Waals surface area (Å²) in [4.78, 5) is 17.9. The molecule has 2 unspecified atom stereocenters. The Hall–Kier alpha value is -2.40. The van der Waals surface area contributed by atoms with Gasteiger partial charge in [0.2, 0.25) is 5.91 Å². The molecule has 2 aromatic rings. The molecule has 2 aliphatic heterocycles. The van der Waals surface area contributed by atoms with Crippen LogP contribution in [0.4, 0.5) is 10.1 Å². The number of hydrogen-bond acceptors (Lipinski definition) is 3. The standard InChI is InChI=1S/C24H30FN3O/c1-17(2)14-26-24(29)21-13-19-5-3-4-6-22(19)28-12-11-27(16-23(21)28)15-18-7-9-20(25)10-8-18/h3-10,17,21,23H,11-16H2,1-2H3,(H,26,29). The predicted molar refractivity (Wildman–Crippen MR) is 114 cm³/mol. The summed E-state index contributed by atoms with van der Waals surface area (Å²) in [6, 6.07) is 15.4. The van der Waals surface area contributed by atoms with Crippen LogP contribution in [0.25, 0.3) is 0 Å². The van der Waals surface area contributed by atoms with Crippen LogP contribution in [0.3, 0.4) is 0 Å². The van der Waals surface area contributed by atoms with Crippen molar-refractivity contribution in [2.24, 2.45) is 11.8 Å². The highest BCUT2D eigenvalue weighted by molar-refractivity contribution is 5.82. The number of nitrogens with one attached hydrogen (secondary N) is 1. The normalized spacial score (nSPS) is 21.6. The maximum atomic E-state index is 13.2. The molecule has 0 bridgehead atoms. The number of carbonyl (C=O) groups is 1. The van der Waals surface area contributed by atoms with Crippen molar-refractivity contribution in [1.29, 1.82) is 0 Å². The summed E-state index contributed by atoms with van der Waals surface area (Å²) in [5.41, 5.74) is 3.64. The first-order valence-corrected chi connectivity index (χ1v) is 10.6. The number of hydrogen-bond donors (Lipinski definition) is 1. The molecule has 0 radical (unpaired) electrons. The van der Waals surface area contributed by atoms with Gasteiger partial charge in [0.05, 0.1) is 12.0 Å². The second-order valence-corrected chi connectivity index (χ2v) is 8.70. The molecule has 2 heterocycles. The van der Waals surface area contributed by atoms with Crippen molar-refractivity contribution >= 4 is 11.6 Å². The Morgan fingerprint density at radius 2 is 1.90 bits per heavy atom. The van der Waals surface area contributed by atoms with Gasteiger partial charge in [0.15, 0.2) is 0 Å². The minimum Gasteiger partial charge on any atom is -0.365 e. The third-order valence-corrected chi connectivity index (χ3v) is 6.05. The van der Waals surface area contributed by atoms with E-state index in [1.54, 1.807) is 0 Å². The summed E-state index contributed by atoms with van der Waals surface area (Å²) in [7, 11) is 0. The first kappa shape index (κ1) is 19.9. The Bertz CT molecular complexity index is 851. The van der Waals surface area contributed by atoms with Gasteiger partial charge in [0.25, 0.3) is 0 Å². The van der Waals surface area contributed by atoms with Crippen LogP contribution in [0.1, 0.15) is 25.0 Å². The van der Waals surface area contributed by atoms with E-state index in [1.165, 1.54) is 23.4 Å². The average molecular weight is 396 g/mol. The number of para-hydroxylation sites is 1. The van der Waals surface area contributed by atoms with E-state index < -0.39 is 0 Å². The summed E-state index contributed by atoms with van der Waals surface area (Å²) in [6.07, 6.45) is 0.783. The fraction of sp³-hybridized carbons (Fsp3) is 0.458. The number of carbonyl (C=O) groups excluding carboxylic acids is 1. The molecule has 4 nitrogen and oxygen atoms in total. The van der Waals surface area contributed by atoms with Gasteiger partial charge in [-0.3, -0.25) is 9.69 Å². The van der Waals surface area contributed by atoms with Gasteiger partial charge in [-0.05, 0) is 41.7 Å². The molecule has 1 saturated heterocycles. The van der Waals surface area contributed by atoms with Gasteiger partial charge in [-0.15, -0.1) is 0 Å². The quantitative estimate of drug-likeness (QED) is 0.842. The molecule has 1 fully saturated rings. The van der Waals surface area contributed by atoms with Crippen LogP contribution in [0.15, 0.2) is 48.5 Å². The number of halogens is 1. The molecular formula is C24H30FN3O. The van der Waals surface area contributed by atoms with Gasteiger partial charge < -0.3 is 10.2 Å². The van der Waals surface area contributed by atoms with Crippen LogP contribution in [-0.2, 0) is 17.8 Å². The number of fused-ring (bicyclic) bond motifs is 3. The molecule has 2 aromatic carbocycles. The second kappa shape index (κ2) is 8.54. The number of piperazine rings is 1. The van der Waals surface area contributed by atoms with Crippen molar-refractivity contribution in [2.45, 2.75) is 32.9 Å². The van der Waals surface area contributed by atoms with E-state index in [0.29, 0.717) is 12.5 Å². The molecule has 154 valence electrons. The van der Waals surface area contributed by atoms with Gasteiger partial charge in [0, 0.05) is 38.4 Å². The maximum Gasteiger partial charge on any atom is 0.225 e. The van der Waals surface area contributed by atoms with E-state index in [4.69, 9.17) is 0 Å². The zero-order valence-corrected chi connectivity index (χ0v) is 17.3. The van der Waals surface area contributed by atoms with Crippen LogP contribution in [0, 0.1) is 17.7 Å². The Kier molecular flexibility index (Phi) is 5.86. The molecule has 1 amide bonds. The Morgan fingerprint density at radius 3 is 2.66 bits per heavy atom. The lowest BCUT2D eigenvalue weighted by molar-refractivity contribution is -0.126. The first-order valence-electron chi connectivity index (χ1n) is 10.6. The third kappa shape index (κ3) is 4.45. The Balaban J connectivity index is 1.54. The molecule has 4 rings (SSSR count). The zero-order valence-electron chi connectivity index (χ0n) is 17.3. The summed E-state index contributed by atoms with van der Waals surface area (Å²) >= 11 is 0. The topological polar surface area (TPSA) is 35.6 Å². The SMILES string of the molecule is CC(C)CNC(=O)C1Cc2ccccc2N2CCN(Cc3ccc(F)cc3)CC12. The van der Waals surface area contributed by atoms with Crippen molar-refractivity contribution < 1.29 is 9.18 Å². The van der Waals surface area contributed by atoms with Gasteiger partial charge in [0.1, 0.15) is 5.82 Å². The molecule has 5 heteroatoms. The van der Waals surface area contributed by atoms with Crippen molar-refractivity contribution in [3.05, 3.63) is 65.5 Å². The highest BCUT2D eigenvalue weighted by Gasteiger charge is 2.41. The molecule has 29 heavy (non-hydrogen) atoms. The van der Waals surface area contributed by atoms with Crippen molar-refractivity contribution in [3.63, 3.8) is 0 Å². The Labute approximate surface area is 172 Å². The average Bonchev–Trinajstić information content (AvgIpc) is 2.73. The lowest BCUT2D eigenvalue weighted by Crippen LogP contribution is -2.61. The monoisotopic (exact) mass is 395 g/mol. The fourth-order valence-electron chi connectivity index (χ4n) is 4.54. The molecule has 2 atom stereocenters. The van der Waals surface area contributed by atoms with Gasteiger partial charge in [-0.25, -0.2) is 4.39 Å². The highest BCUT2D eigenvalue weighted by atomic mass is 19.1. The molecule has 1 N–H and O–H groups in total. The molecule has 0 saturated carbocycles. The number of rotatable bonds is 5. The number of benzene rings is 2. The predicted octanol–water partition coefficient (Wildman–Crippen LogP) is 3.46. The van der Waals surface area contributed by atoms with E-state index in [1.807, 2.05) is 12.1 Å². The van der Waals surface area contributed by atoms with E-state index >= 15 is 0 Å². The molecule has 2 aliphatic rings.